The number of aromatic amines is 1. The van der Waals surface area contributed by atoms with Crippen molar-refractivity contribution < 1.29 is 18.4 Å². The normalized spacial score (nSPS) is 13.6. The second-order valence-corrected chi connectivity index (χ2v) is 11.6. The number of halogens is 2. The van der Waals surface area contributed by atoms with Crippen LogP contribution in [0, 0.1) is 11.6 Å². The lowest BCUT2D eigenvalue weighted by atomic mass is 10.1. The standard InChI is InChI=1S/C37H30F2N6O2/c1-23(2)43(21-24-11-5-3-6-12-24)34(46)22-44-32-18-29(38)30(39)19-33(32)45-35(25-13-7-4-8-14-25)41-42-36(45)28(37(44)47)17-26-20-40-31-16-10-9-15-27(26)31/h3-20,23,40H,21-22H2,1-2H3. The first-order valence-electron chi connectivity index (χ1n) is 15.2. The zero-order valence-electron chi connectivity index (χ0n) is 25.7. The van der Waals surface area contributed by atoms with Crippen LogP contribution in [0.4, 0.5) is 14.5 Å². The van der Waals surface area contributed by atoms with Crippen molar-refractivity contribution in [2.24, 2.45) is 0 Å². The van der Waals surface area contributed by atoms with Gasteiger partial charge in [0.1, 0.15) is 6.54 Å². The van der Waals surface area contributed by atoms with Gasteiger partial charge in [-0.3, -0.25) is 19.1 Å². The fourth-order valence-corrected chi connectivity index (χ4v) is 5.95. The zero-order valence-corrected chi connectivity index (χ0v) is 25.7. The predicted octanol–water partition coefficient (Wildman–Crippen LogP) is 7.02. The van der Waals surface area contributed by atoms with E-state index >= 15 is 8.78 Å². The number of hydrogen-bond donors (Lipinski definition) is 1. The minimum atomic E-state index is -1.15. The van der Waals surface area contributed by atoms with Crippen molar-refractivity contribution in [2.45, 2.75) is 26.4 Å². The van der Waals surface area contributed by atoms with Crippen LogP contribution in [0.3, 0.4) is 0 Å². The molecule has 0 unspecified atom stereocenters. The largest absolute Gasteiger partial charge is 0.361 e. The summed E-state index contributed by atoms with van der Waals surface area (Å²) in [5.74, 6) is -2.78. The third kappa shape index (κ3) is 5.48. The van der Waals surface area contributed by atoms with Gasteiger partial charge in [-0.2, -0.15) is 0 Å². The topological polar surface area (TPSA) is 87.1 Å². The average molecular weight is 629 g/mol. The van der Waals surface area contributed by atoms with Gasteiger partial charge in [-0.05, 0) is 31.6 Å². The quantitative estimate of drug-likeness (QED) is 0.193. The summed E-state index contributed by atoms with van der Waals surface area (Å²) in [4.78, 5) is 34.9. The zero-order chi connectivity index (χ0) is 32.7. The predicted molar refractivity (Wildman–Crippen MR) is 177 cm³/mol. The molecule has 47 heavy (non-hydrogen) atoms. The maximum absolute atomic E-state index is 15.1. The number of para-hydroxylation sites is 1. The molecule has 2 amide bonds. The van der Waals surface area contributed by atoms with Crippen LogP contribution in [0.5, 0.6) is 0 Å². The Bertz CT molecular complexity index is 2150. The lowest BCUT2D eigenvalue weighted by Gasteiger charge is -2.30. The van der Waals surface area contributed by atoms with Crippen molar-refractivity contribution in [3.05, 3.63) is 132 Å². The molecule has 0 saturated carbocycles. The molecule has 0 saturated heterocycles. The molecule has 0 radical (unpaired) electrons. The van der Waals surface area contributed by atoms with Gasteiger partial charge >= 0.3 is 0 Å². The third-order valence-electron chi connectivity index (χ3n) is 8.31. The van der Waals surface area contributed by atoms with Crippen molar-refractivity contribution in [3.8, 4) is 17.1 Å². The number of hydrogen-bond acceptors (Lipinski definition) is 4. The van der Waals surface area contributed by atoms with E-state index in [-0.39, 0.29) is 34.7 Å². The number of benzene rings is 4. The number of amides is 2. The molecule has 0 fully saturated rings. The van der Waals surface area contributed by atoms with Gasteiger partial charge in [0.05, 0.1) is 16.9 Å². The number of anilines is 1. The Kier molecular flexibility index (Phi) is 7.69. The highest BCUT2D eigenvalue weighted by Crippen LogP contribution is 2.39. The Balaban J connectivity index is 1.43. The lowest BCUT2D eigenvalue weighted by molar-refractivity contribution is -0.133. The number of carbonyl (C=O) groups excluding carboxylic acids is 2. The molecule has 4 aromatic carbocycles. The summed E-state index contributed by atoms with van der Waals surface area (Å²) in [7, 11) is 0. The second kappa shape index (κ2) is 12.1. The molecule has 234 valence electrons. The van der Waals surface area contributed by atoms with Crippen molar-refractivity contribution in [2.75, 3.05) is 11.4 Å². The number of carbonyl (C=O) groups is 2. The van der Waals surface area contributed by atoms with E-state index in [1.165, 1.54) is 4.90 Å². The van der Waals surface area contributed by atoms with E-state index in [9.17, 15) is 9.59 Å². The SMILES string of the molecule is CC(C)N(Cc1ccccc1)C(=O)CN1C(=O)C(=Cc2c[nH]c3ccccc23)c2nnc(-c3ccccc3)n2-c2cc(F)c(F)cc21. The Morgan fingerprint density at radius 2 is 1.51 bits per heavy atom. The van der Waals surface area contributed by atoms with Gasteiger partial charge in [-0.1, -0.05) is 78.9 Å². The third-order valence-corrected chi connectivity index (χ3v) is 8.31. The van der Waals surface area contributed by atoms with Gasteiger partial charge in [-0.15, -0.1) is 10.2 Å². The molecule has 1 N–H and O–H groups in total. The summed E-state index contributed by atoms with van der Waals surface area (Å²) in [5.41, 5.74) is 3.38. The van der Waals surface area contributed by atoms with Gasteiger partial charge in [0.25, 0.3) is 5.91 Å². The Morgan fingerprint density at radius 1 is 0.872 bits per heavy atom. The van der Waals surface area contributed by atoms with Gasteiger partial charge in [0.2, 0.25) is 5.91 Å². The van der Waals surface area contributed by atoms with E-state index in [0.717, 1.165) is 28.6 Å². The molecule has 3 heterocycles. The van der Waals surface area contributed by atoms with Crippen molar-refractivity contribution in [3.63, 3.8) is 0 Å². The van der Waals surface area contributed by atoms with Crippen LogP contribution in [-0.4, -0.2) is 49.0 Å². The molecule has 6 aromatic rings. The van der Waals surface area contributed by atoms with Crippen LogP contribution in [0.15, 0.2) is 103 Å². The van der Waals surface area contributed by atoms with E-state index in [1.807, 2.05) is 98.8 Å². The molecule has 7 rings (SSSR count). The lowest BCUT2D eigenvalue weighted by Crippen LogP contribution is -2.45. The number of aromatic nitrogens is 4. The highest BCUT2D eigenvalue weighted by Gasteiger charge is 2.36. The molecule has 0 spiro atoms. The molecule has 8 nitrogen and oxygen atoms in total. The fraction of sp³-hybridized carbons (Fsp3) is 0.135. The molecule has 1 aliphatic heterocycles. The van der Waals surface area contributed by atoms with E-state index in [4.69, 9.17) is 0 Å². The number of H-pyrrole nitrogens is 1. The number of rotatable bonds is 7. The summed E-state index contributed by atoms with van der Waals surface area (Å²) in [6, 6.07) is 28.1. The summed E-state index contributed by atoms with van der Waals surface area (Å²) >= 11 is 0. The van der Waals surface area contributed by atoms with Crippen LogP contribution in [-0.2, 0) is 16.1 Å². The Morgan fingerprint density at radius 3 is 2.23 bits per heavy atom. The second-order valence-electron chi connectivity index (χ2n) is 11.6. The molecule has 10 heteroatoms. The van der Waals surface area contributed by atoms with Gasteiger partial charge in [-0.25, -0.2) is 8.78 Å². The molecule has 0 atom stereocenters. The minimum absolute atomic E-state index is 0.0197. The summed E-state index contributed by atoms with van der Waals surface area (Å²) < 4.78 is 31.7. The smallest absolute Gasteiger partial charge is 0.262 e. The van der Waals surface area contributed by atoms with Gasteiger partial charge < -0.3 is 9.88 Å². The van der Waals surface area contributed by atoms with Crippen LogP contribution >= 0.6 is 0 Å². The molecule has 0 bridgehead atoms. The highest BCUT2D eigenvalue weighted by atomic mass is 19.2. The van der Waals surface area contributed by atoms with E-state index in [2.05, 4.69) is 15.2 Å². The van der Waals surface area contributed by atoms with Crippen LogP contribution in [0.25, 0.3) is 39.6 Å². The van der Waals surface area contributed by atoms with E-state index in [0.29, 0.717) is 23.5 Å². The van der Waals surface area contributed by atoms with Crippen molar-refractivity contribution >= 4 is 40.1 Å². The minimum Gasteiger partial charge on any atom is -0.361 e. The van der Waals surface area contributed by atoms with Crippen molar-refractivity contribution in [1.82, 2.24) is 24.6 Å². The molecular weight excluding hydrogens is 598 g/mol. The fourth-order valence-electron chi connectivity index (χ4n) is 5.95. The first-order valence-corrected chi connectivity index (χ1v) is 15.2. The monoisotopic (exact) mass is 628 g/mol. The maximum Gasteiger partial charge on any atom is 0.262 e. The summed E-state index contributed by atoms with van der Waals surface area (Å²) in [6.07, 6.45) is 3.45. The number of nitrogens with zero attached hydrogens (tertiary/aromatic N) is 5. The molecule has 1 aliphatic rings. The average Bonchev–Trinajstić information content (AvgIpc) is 3.69. The molecule has 2 aromatic heterocycles. The molecular formula is C37H30F2N6O2. The van der Waals surface area contributed by atoms with Crippen LogP contribution in [0.1, 0.15) is 30.8 Å². The molecule has 0 aliphatic carbocycles. The van der Waals surface area contributed by atoms with Gasteiger partial charge in [0, 0.05) is 52.9 Å². The summed E-state index contributed by atoms with van der Waals surface area (Å²) in [5, 5.41) is 9.73. The first-order chi connectivity index (χ1) is 22.8. The first kappa shape index (κ1) is 29.8. The van der Waals surface area contributed by atoms with Crippen molar-refractivity contribution in [1.29, 1.82) is 0 Å². The highest BCUT2D eigenvalue weighted by molar-refractivity contribution is 6.31. The van der Waals surface area contributed by atoms with Crippen LogP contribution < -0.4 is 4.90 Å². The van der Waals surface area contributed by atoms with Gasteiger partial charge in [0.15, 0.2) is 23.3 Å². The van der Waals surface area contributed by atoms with Crippen LogP contribution in [0.2, 0.25) is 0 Å². The Labute approximate surface area is 269 Å². The van der Waals surface area contributed by atoms with E-state index in [1.54, 1.807) is 21.7 Å². The Hall–Kier alpha value is -5.90. The number of nitrogens with one attached hydrogen (secondary N) is 1. The maximum atomic E-state index is 15.1. The summed E-state index contributed by atoms with van der Waals surface area (Å²) in [6.45, 7) is 3.67. The van der Waals surface area contributed by atoms with E-state index < -0.39 is 24.1 Å². The number of fused-ring (bicyclic) bond motifs is 4.